The summed E-state index contributed by atoms with van der Waals surface area (Å²) >= 11 is 0. The molecule has 0 radical (unpaired) electrons. The van der Waals surface area contributed by atoms with Crippen LogP contribution in [0.25, 0.3) is 0 Å². The molecule has 1 N–H and O–H groups in total. The monoisotopic (exact) mass is 297 g/mol. The van der Waals surface area contributed by atoms with E-state index in [-0.39, 0.29) is 5.56 Å². The van der Waals surface area contributed by atoms with E-state index in [0.29, 0.717) is 18.4 Å². The number of halogens is 3. The minimum atomic E-state index is -4.42. The highest BCUT2D eigenvalue weighted by Gasteiger charge is 2.39. The maximum atomic E-state index is 12.6. The molecule has 0 aromatic heterocycles. The van der Waals surface area contributed by atoms with Crippen LogP contribution in [-0.4, -0.2) is 12.5 Å². The molecule has 1 amide bonds. The van der Waals surface area contributed by atoms with E-state index in [4.69, 9.17) is 0 Å². The van der Waals surface area contributed by atoms with Crippen LogP contribution in [-0.2, 0) is 6.18 Å². The van der Waals surface area contributed by atoms with Crippen molar-refractivity contribution in [2.75, 3.05) is 6.54 Å². The Morgan fingerprint density at radius 1 is 1.24 bits per heavy atom. The lowest BCUT2D eigenvalue weighted by Crippen LogP contribution is -2.31. The number of alkyl halides is 3. The summed E-state index contributed by atoms with van der Waals surface area (Å²) in [6.07, 6.45) is 0.510. The minimum absolute atomic E-state index is 0.0768. The van der Waals surface area contributed by atoms with Gasteiger partial charge in [0.15, 0.2) is 0 Å². The van der Waals surface area contributed by atoms with Crippen molar-refractivity contribution in [2.24, 2.45) is 17.8 Å². The lowest BCUT2D eigenvalue weighted by molar-refractivity contribution is -0.137. The number of amides is 1. The van der Waals surface area contributed by atoms with Crippen molar-refractivity contribution in [3.63, 3.8) is 0 Å². The molecule has 0 saturated heterocycles. The highest BCUT2D eigenvalue weighted by atomic mass is 19.4. The van der Waals surface area contributed by atoms with Gasteiger partial charge in [-0.25, -0.2) is 0 Å². The van der Waals surface area contributed by atoms with Crippen LogP contribution in [0.2, 0.25) is 0 Å². The van der Waals surface area contributed by atoms with Crippen LogP contribution in [0.15, 0.2) is 24.3 Å². The molecule has 0 aliphatic heterocycles. The molecule has 5 heteroatoms. The van der Waals surface area contributed by atoms with E-state index >= 15 is 0 Å². The number of carbonyl (C=O) groups excluding carboxylic acids is 1. The molecule has 114 valence electrons. The lowest BCUT2D eigenvalue weighted by atomic mass is 9.89. The van der Waals surface area contributed by atoms with Gasteiger partial charge in [0.2, 0.25) is 0 Å². The number of hydrogen-bond donors (Lipinski definition) is 1. The fourth-order valence-corrected chi connectivity index (χ4v) is 3.79. The van der Waals surface area contributed by atoms with E-state index in [1.807, 2.05) is 0 Å². The molecular weight excluding hydrogens is 279 g/mol. The predicted molar refractivity (Wildman–Crippen MR) is 72.7 cm³/mol. The quantitative estimate of drug-likeness (QED) is 0.901. The van der Waals surface area contributed by atoms with E-state index in [2.05, 4.69) is 5.32 Å². The molecule has 1 aromatic rings. The summed E-state index contributed by atoms with van der Waals surface area (Å²) in [6.45, 7) is 0.580. The summed E-state index contributed by atoms with van der Waals surface area (Å²) in [5, 5.41) is 2.80. The van der Waals surface area contributed by atoms with E-state index in [1.165, 1.54) is 31.4 Å². The molecular formula is C16H18F3NO. The topological polar surface area (TPSA) is 29.1 Å². The van der Waals surface area contributed by atoms with Crippen molar-refractivity contribution in [1.82, 2.24) is 5.32 Å². The summed E-state index contributed by atoms with van der Waals surface area (Å²) in [6, 6.07) is 4.59. The summed E-state index contributed by atoms with van der Waals surface area (Å²) in [5.74, 6) is 1.57. The Morgan fingerprint density at radius 2 is 2.05 bits per heavy atom. The summed E-state index contributed by atoms with van der Waals surface area (Å²) in [7, 11) is 0. The van der Waals surface area contributed by atoms with Crippen molar-refractivity contribution in [2.45, 2.75) is 31.9 Å². The first-order valence-electron chi connectivity index (χ1n) is 7.39. The van der Waals surface area contributed by atoms with E-state index in [0.717, 1.165) is 24.5 Å². The Kier molecular flexibility index (Phi) is 3.68. The Bertz CT molecular complexity index is 541. The van der Waals surface area contributed by atoms with Gasteiger partial charge >= 0.3 is 6.18 Å². The van der Waals surface area contributed by atoms with Gasteiger partial charge in [-0.05, 0) is 55.2 Å². The van der Waals surface area contributed by atoms with Gasteiger partial charge in [-0.15, -0.1) is 0 Å². The van der Waals surface area contributed by atoms with Crippen LogP contribution in [0, 0.1) is 17.8 Å². The number of carbonyl (C=O) groups is 1. The predicted octanol–water partition coefficient (Wildman–Crippen LogP) is 3.87. The van der Waals surface area contributed by atoms with Crippen molar-refractivity contribution in [3.8, 4) is 0 Å². The normalized spacial score (nSPS) is 27.9. The smallest absolute Gasteiger partial charge is 0.352 e. The Labute approximate surface area is 121 Å². The number of fused-ring (bicyclic) bond motifs is 2. The van der Waals surface area contributed by atoms with Crippen LogP contribution in [0.4, 0.5) is 13.2 Å². The van der Waals surface area contributed by atoms with E-state index in [1.54, 1.807) is 0 Å². The van der Waals surface area contributed by atoms with Gasteiger partial charge in [0, 0.05) is 12.1 Å². The molecule has 21 heavy (non-hydrogen) atoms. The molecule has 2 bridgehead atoms. The highest BCUT2D eigenvalue weighted by molar-refractivity contribution is 5.94. The van der Waals surface area contributed by atoms with Gasteiger partial charge in [0.05, 0.1) is 5.56 Å². The average molecular weight is 297 g/mol. The van der Waals surface area contributed by atoms with Gasteiger partial charge < -0.3 is 5.32 Å². The molecule has 2 aliphatic carbocycles. The van der Waals surface area contributed by atoms with Crippen molar-refractivity contribution in [1.29, 1.82) is 0 Å². The number of nitrogens with one attached hydrogen (secondary N) is 1. The number of rotatable bonds is 3. The zero-order chi connectivity index (χ0) is 15.0. The van der Waals surface area contributed by atoms with Crippen LogP contribution in [0.3, 0.4) is 0 Å². The molecule has 0 unspecified atom stereocenters. The summed E-state index contributed by atoms with van der Waals surface area (Å²) in [4.78, 5) is 12.0. The van der Waals surface area contributed by atoms with Crippen molar-refractivity contribution >= 4 is 5.91 Å². The van der Waals surface area contributed by atoms with Gasteiger partial charge in [-0.1, -0.05) is 12.5 Å². The van der Waals surface area contributed by atoms with Crippen molar-refractivity contribution < 1.29 is 18.0 Å². The van der Waals surface area contributed by atoms with Crippen LogP contribution in [0.5, 0.6) is 0 Å². The first-order valence-corrected chi connectivity index (χ1v) is 7.39. The standard InChI is InChI=1S/C16H18F3NO/c17-16(18,19)14-3-1-2-12(8-14)15(21)20-9-13-7-10-4-5-11(13)6-10/h1-3,8,10-11,13H,4-7,9H2,(H,20,21)/t10-,11+,13+/m0/s1. The third kappa shape index (κ3) is 3.06. The van der Waals surface area contributed by atoms with Crippen LogP contribution >= 0.6 is 0 Å². The molecule has 2 fully saturated rings. The lowest BCUT2D eigenvalue weighted by Gasteiger charge is -2.21. The van der Waals surface area contributed by atoms with Gasteiger partial charge in [0.1, 0.15) is 0 Å². The Morgan fingerprint density at radius 3 is 2.67 bits per heavy atom. The van der Waals surface area contributed by atoms with E-state index < -0.39 is 17.6 Å². The van der Waals surface area contributed by atoms with Crippen LogP contribution < -0.4 is 5.32 Å². The number of hydrogen-bond acceptors (Lipinski definition) is 1. The molecule has 2 aliphatic rings. The third-order valence-electron chi connectivity index (χ3n) is 4.86. The second-order valence-corrected chi connectivity index (χ2v) is 6.22. The van der Waals surface area contributed by atoms with Crippen molar-refractivity contribution in [3.05, 3.63) is 35.4 Å². The zero-order valence-corrected chi connectivity index (χ0v) is 11.6. The Hall–Kier alpha value is -1.52. The summed E-state index contributed by atoms with van der Waals surface area (Å²) < 4.78 is 37.9. The van der Waals surface area contributed by atoms with Gasteiger partial charge in [-0.2, -0.15) is 13.2 Å². The summed E-state index contributed by atoms with van der Waals surface area (Å²) in [5.41, 5.74) is -0.706. The maximum absolute atomic E-state index is 12.6. The molecule has 1 aromatic carbocycles. The highest BCUT2D eigenvalue weighted by Crippen LogP contribution is 2.47. The SMILES string of the molecule is O=C(NC[C@H]1C[C@H]2CC[C@@H]1C2)c1cccc(C(F)(F)F)c1. The fraction of sp³-hybridized carbons (Fsp3) is 0.562. The molecule has 0 spiro atoms. The zero-order valence-electron chi connectivity index (χ0n) is 11.6. The largest absolute Gasteiger partial charge is 0.416 e. The average Bonchev–Trinajstić information content (AvgIpc) is 3.06. The molecule has 2 saturated carbocycles. The van der Waals surface area contributed by atoms with E-state index in [9.17, 15) is 18.0 Å². The first-order chi connectivity index (χ1) is 9.93. The second-order valence-electron chi connectivity index (χ2n) is 6.22. The molecule has 0 heterocycles. The molecule has 2 nitrogen and oxygen atoms in total. The number of benzene rings is 1. The molecule has 3 rings (SSSR count). The first kappa shape index (κ1) is 14.4. The van der Waals surface area contributed by atoms with Crippen LogP contribution in [0.1, 0.15) is 41.6 Å². The fourth-order valence-electron chi connectivity index (χ4n) is 3.79. The minimum Gasteiger partial charge on any atom is -0.352 e. The Balaban J connectivity index is 1.60. The maximum Gasteiger partial charge on any atom is 0.416 e. The molecule has 3 atom stereocenters. The second kappa shape index (κ2) is 5.35. The van der Waals surface area contributed by atoms with Gasteiger partial charge in [0.25, 0.3) is 5.91 Å². The van der Waals surface area contributed by atoms with Gasteiger partial charge in [-0.3, -0.25) is 4.79 Å². The third-order valence-corrected chi connectivity index (χ3v) is 4.86.